The molecule has 1 aromatic carbocycles. The number of hydrogen-bond acceptors (Lipinski definition) is 2. The Kier molecular flexibility index (Phi) is 6.26. The van der Waals surface area contributed by atoms with Crippen LogP contribution >= 0.6 is 0 Å². The number of nitrogens with zero attached hydrogens (tertiary/aromatic N) is 4. The van der Waals surface area contributed by atoms with Gasteiger partial charge in [-0.3, -0.25) is 0 Å². The van der Waals surface area contributed by atoms with Crippen molar-refractivity contribution in [2.45, 2.75) is 13.8 Å². The molecule has 4 heteroatoms. The molecule has 0 N–H and O–H groups in total. The Morgan fingerprint density at radius 3 is 2.10 bits per heavy atom. The van der Waals surface area contributed by atoms with Crippen molar-refractivity contribution in [1.29, 1.82) is 5.26 Å². The first kappa shape index (κ1) is 16.0. The first-order valence-electron chi connectivity index (χ1n) is 6.62. The largest absolute Gasteiger partial charge is 0.526 e. The Hall–Kier alpha value is -3.03. The molecule has 0 aromatic heterocycles. The fraction of sp³-hybridized carbons (Fsp3) is 0.235. The second-order valence-corrected chi connectivity index (χ2v) is 4.19. The summed E-state index contributed by atoms with van der Waals surface area (Å²) in [5, 5.41) is 10.6. The van der Waals surface area contributed by atoms with Crippen LogP contribution in [0.15, 0.2) is 36.5 Å². The van der Waals surface area contributed by atoms with Crippen LogP contribution in [0.5, 0.6) is 0 Å². The van der Waals surface area contributed by atoms with Gasteiger partial charge < -0.3 is 4.90 Å². The number of nitriles is 1. The summed E-state index contributed by atoms with van der Waals surface area (Å²) in [4.78, 5) is 8.44. The smallest absolute Gasteiger partial charge is 0.378 e. The van der Waals surface area contributed by atoms with E-state index in [0.717, 1.165) is 18.3 Å². The molecule has 21 heavy (non-hydrogen) atoms. The van der Waals surface area contributed by atoms with E-state index in [0.29, 0.717) is 10.8 Å². The molecule has 104 valence electrons. The van der Waals surface area contributed by atoms with Crippen molar-refractivity contribution in [2.75, 3.05) is 13.1 Å². The molecular formula is C17H16N4. The van der Waals surface area contributed by atoms with Crippen LogP contribution in [-0.4, -0.2) is 18.0 Å². The van der Waals surface area contributed by atoms with Gasteiger partial charge in [0.15, 0.2) is 0 Å². The van der Waals surface area contributed by atoms with Crippen molar-refractivity contribution in [1.82, 2.24) is 4.90 Å². The lowest BCUT2D eigenvalue weighted by Gasteiger charge is -2.14. The van der Waals surface area contributed by atoms with E-state index < -0.39 is 0 Å². The second kappa shape index (κ2) is 8.20. The molecule has 0 heterocycles. The highest BCUT2D eigenvalue weighted by atomic mass is 15.1. The summed E-state index contributed by atoms with van der Waals surface area (Å²) in [6.45, 7) is 19.7. The lowest BCUT2D eigenvalue weighted by atomic mass is 10.1. The van der Waals surface area contributed by atoms with Crippen LogP contribution in [0.4, 0.5) is 0 Å². The molecule has 0 unspecified atom stereocenters. The van der Waals surface area contributed by atoms with Gasteiger partial charge in [0.1, 0.15) is 13.1 Å². The Bertz CT molecular complexity index is 723. The van der Waals surface area contributed by atoms with Crippen LogP contribution < -0.4 is 10.4 Å². The van der Waals surface area contributed by atoms with Crippen LogP contribution in [0.25, 0.3) is 21.1 Å². The minimum atomic E-state index is 0.0405. The van der Waals surface area contributed by atoms with Gasteiger partial charge in [-0.2, -0.15) is 15.0 Å². The van der Waals surface area contributed by atoms with Gasteiger partial charge in [-0.05, 0) is 25.1 Å². The molecule has 0 radical (unpaired) electrons. The van der Waals surface area contributed by atoms with Gasteiger partial charge in [-0.1, -0.05) is 24.3 Å². The maximum atomic E-state index is 9.25. The van der Waals surface area contributed by atoms with Crippen LogP contribution in [0.1, 0.15) is 13.8 Å². The van der Waals surface area contributed by atoms with Crippen LogP contribution in [-0.2, 0) is 0 Å². The fourth-order valence-corrected chi connectivity index (χ4v) is 1.77. The van der Waals surface area contributed by atoms with E-state index in [2.05, 4.69) is 34.5 Å². The average Bonchev–Trinajstić information content (AvgIpc) is 2.54. The molecule has 0 aliphatic rings. The molecule has 0 spiro atoms. The molecule has 0 atom stereocenters. The Balaban J connectivity index is 3.30. The molecule has 0 saturated heterocycles. The predicted molar refractivity (Wildman–Crippen MR) is 83.4 cm³/mol. The molecule has 4 nitrogen and oxygen atoms in total. The maximum absolute atomic E-state index is 9.25. The topological polar surface area (TPSA) is 35.8 Å². The normalized spacial score (nSPS) is 9.48. The van der Waals surface area contributed by atoms with Crippen molar-refractivity contribution in [2.24, 2.45) is 0 Å². The third-order valence-electron chi connectivity index (χ3n) is 3.05. The molecule has 0 aliphatic carbocycles. The van der Waals surface area contributed by atoms with Crippen molar-refractivity contribution in [3.8, 4) is 6.07 Å². The number of rotatable bonds is 4. The van der Waals surface area contributed by atoms with Gasteiger partial charge in [-0.15, -0.1) is 0 Å². The summed E-state index contributed by atoms with van der Waals surface area (Å²) in [7, 11) is 0. The van der Waals surface area contributed by atoms with Gasteiger partial charge in [0, 0.05) is 19.3 Å². The average molecular weight is 276 g/mol. The lowest BCUT2D eigenvalue weighted by Crippen LogP contribution is -2.16. The zero-order valence-electron chi connectivity index (χ0n) is 12.2. The van der Waals surface area contributed by atoms with Gasteiger partial charge in [-0.25, -0.2) is 0 Å². The first-order chi connectivity index (χ1) is 10.2. The van der Waals surface area contributed by atoms with E-state index in [1.54, 1.807) is 30.3 Å². The summed E-state index contributed by atoms with van der Waals surface area (Å²) >= 11 is 0. The number of hydrogen-bond donors (Lipinski definition) is 0. The monoisotopic (exact) mass is 276 g/mol. The fourth-order valence-electron chi connectivity index (χ4n) is 1.77. The Morgan fingerprint density at radius 2 is 1.67 bits per heavy atom. The lowest BCUT2D eigenvalue weighted by molar-refractivity contribution is 0.419. The van der Waals surface area contributed by atoms with E-state index in [9.17, 15) is 5.26 Å². The molecular weight excluding hydrogens is 260 g/mol. The Labute approximate surface area is 125 Å². The van der Waals surface area contributed by atoms with Crippen LogP contribution in [0, 0.1) is 24.5 Å². The van der Waals surface area contributed by atoms with E-state index in [-0.39, 0.29) is 5.82 Å². The third kappa shape index (κ3) is 4.23. The Morgan fingerprint density at radius 1 is 1.14 bits per heavy atom. The molecule has 1 rings (SSSR count). The number of benzene rings is 1. The summed E-state index contributed by atoms with van der Waals surface area (Å²) in [6, 6.07) is 9.09. The summed E-state index contributed by atoms with van der Waals surface area (Å²) in [5.74, 6) is 0.0405. The van der Waals surface area contributed by atoms with Crippen LogP contribution in [0.3, 0.4) is 0 Å². The zero-order chi connectivity index (χ0) is 15.7. The van der Waals surface area contributed by atoms with E-state index in [4.69, 9.17) is 13.1 Å². The molecule has 0 aliphatic heterocycles. The molecule has 0 fully saturated rings. The van der Waals surface area contributed by atoms with Crippen molar-refractivity contribution in [3.63, 3.8) is 0 Å². The quantitative estimate of drug-likeness (QED) is 0.790. The highest BCUT2D eigenvalue weighted by Gasteiger charge is 2.02. The molecule has 0 saturated carbocycles. The molecule has 0 bridgehead atoms. The predicted octanol–water partition coefficient (Wildman–Crippen LogP) is 2.12. The van der Waals surface area contributed by atoms with Crippen molar-refractivity contribution in [3.05, 3.63) is 69.8 Å². The first-order valence-corrected chi connectivity index (χ1v) is 6.62. The maximum Gasteiger partial charge on any atom is 0.526 e. The van der Waals surface area contributed by atoms with Gasteiger partial charge in [0.25, 0.3) is 0 Å². The van der Waals surface area contributed by atoms with Gasteiger partial charge in [0.05, 0.1) is 16.9 Å². The molecule has 0 amide bonds. The van der Waals surface area contributed by atoms with Crippen LogP contribution in [0.2, 0.25) is 0 Å². The van der Waals surface area contributed by atoms with Gasteiger partial charge >= 0.3 is 5.82 Å². The molecule has 1 aromatic rings. The minimum absolute atomic E-state index is 0.0405. The van der Waals surface area contributed by atoms with Gasteiger partial charge in [0.2, 0.25) is 0 Å². The van der Waals surface area contributed by atoms with E-state index in [1.807, 2.05) is 6.20 Å². The summed E-state index contributed by atoms with van der Waals surface area (Å²) < 4.78 is 0. The summed E-state index contributed by atoms with van der Waals surface area (Å²) in [5.41, 5.74) is 0.556. The van der Waals surface area contributed by atoms with E-state index >= 15 is 0 Å². The second-order valence-electron chi connectivity index (χ2n) is 4.19. The highest BCUT2D eigenvalue weighted by molar-refractivity contribution is 5.69. The van der Waals surface area contributed by atoms with E-state index in [1.165, 1.54) is 0 Å². The highest BCUT2D eigenvalue weighted by Crippen LogP contribution is 1.98. The SMILES string of the molecule is [C-]#[N+]C([N+]#[C-])=c1ccc(=C(C#N)C=CN(CC)CC)cc1. The standard InChI is InChI=1S/C17H16N4/c1-5-21(6-2)12-11-16(13-18)14-7-9-15(10-8-14)17(19-3)20-4/h7-12H,5-6H2,1-2H3. The van der Waals surface area contributed by atoms with Crippen molar-refractivity contribution < 1.29 is 0 Å². The number of allylic oxidation sites excluding steroid dienone is 1. The summed E-state index contributed by atoms with van der Waals surface area (Å²) in [6.07, 6.45) is 3.69. The zero-order valence-corrected chi connectivity index (χ0v) is 12.2. The minimum Gasteiger partial charge on any atom is -0.378 e. The third-order valence-corrected chi connectivity index (χ3v) is 3.05. The van der Waals surface area contributed by atoms with Crippen molar-refractivity contribution >= 4 is 11.4 Å².